The lowest BCUT2D eigenvalue weighted by Crippen LogP contribution is -1.94. The zero-order valence-corrected chi connectivity index (χ0v) is 17.1. The van der Waals surface area contributed by atoms with E-state index in [0.29, 0.717) is 55.3 Å². The summed E-state index contributed by atoms with van der Waals surface area (Å²) in [6.45, 7) is 0.0227. The Balaban J connectivity index is 1.50. The Morgan fingerprint density at radius 2 is 1.90 bits per heavy atom. The van der Waals surface area contributed by atoms with E-state index in [2.05, 4.69) is 9.98 Å². The van der Waals surface area contributed by atoms with Crippen molar-refractivity contribution in [3.8, 4) is 23.0 Å². The van der Waals surface area contributed by atoms with Gasteiger partial charge in [0.25, 0.3) is 5.69 Å². The first-order valence-electron chi connectivity index (χ1n) is 8.97. The van der Waals surface area contributed by atoms with Crippen LogP contribution in [0.5, 0.6) is 11.5 Å². The molecule has 0 fully saturated rings. The fraction of sp³-hybridized carbons (Fsp3) is 0.0476. The molecule has 0 radical (unpaired) electrons. The third-order valence-electron chi connectivity index (χ3n) is 4.62. The predicted octanol–water partition coefficient (Wildman–Crippen LogP) is 6.19. The number of oxazole rings is 1. The smallest absolute Gasteiger partial charge is 0.282 e. The molecule has 0 unspecified atom stereocenters. The second kappa shape index (κ2) is 7.57. The van der Waals surface area contributed by atoms with Crippen LogP contribution in [0.2, 0.25) is 10.0 Å². The van der Waals surface area contributed by atoms with Crippen molar-refractivity contribution in [2.24, 2.45) is 4.99 Å². The molecular weight excluding hydrogens is 445 g/mol. The number of aromatic nitrogens is 1. The third-order valence-corrected chi connectivity index (χ3v) is 5.44. The van der Waals surface area contributed by atoms with Crippen LogP contribution in [-0.2, 0) is 0 Å². The van der Waals surface area contributed by atoms with Gasteiger partial charge in [0.1, 0.15) is 5.52 Å². The van der Waals surface area contributed by atoms with E-state index >= 15 is 0 Å². The summed E-state index contributed by atoms with van der Waals surface area (Å²) >= 11 is 12.3. The average molecular weight is 456 g/mol. The van der Waals surface area contributed by atoms with Gasteiger partial charge in [-0.05, 0) is 36.4 Å². The molecule has 0 aliphatic carbocycles. The van der Waals surface area contributed by atoms with Crippen LogP contribution in [0.1, 0.15) is 5.56 Å². The van der Waals surface area contributed by atoms with E-state index in [0.717, 1.165) is 0 Å². The Labute approximate surface area is 184 Å². The van der Waals surface area contributed by atoms with Crippen LogP contribution in [0.25, 0.3) is 22.6 Å². The number of nitro groups is 1. The molecule has 5 rings (SSSR count). The van der Waals surface area contributed by atoms with Gasteiger partial charge in [-0.1, -0.05) is 29.3 Å². The topological polar surface area (TPSA) is 100.0 Å². The van der Waals surface area contributed by atoms with Crippen LogP contribution >= 0.6 is 23.2 Å². The number of halogens is 2. The van der Waals surface area contributed by atoms with Crippen molar-refractivity contribution in [3.05, 3.63) is 74.3 Å². The van der Waals surface area contributed by atoms with Gasteiger partial charge < -0.3 is 13.9 Å². The molecule has 0 bridgehead atoms. The summed E-state index contributed by atoms with van der Waals surface area (Å²) in [6.07, 6.45) is 1.40. The quantitative estimate of drug-likeness (QED) is 0.206. The van der Waals surface area contributed by atoms with Crippen molar-refractivity contribution in [2.45, 2.75) is 0 Å². The minimum Gasteiger partial charge on any atom is -0.454 e. The molecule has 10 heteroatoms. The summed E-state index contributed by atoms with van der Waals surface area (Å²) in [6, 6.07) is 13.2. The number of rotatable bonds is 4. The first kappa shape index (κ1) is 19.3. The third kappa shape index (κ3) is 3.56. The number of nitrogens with zero attached hydrogens (tertiary/aromatic N) is 3. The summed E-state index contributed by atoms with van der Waals surface area (Å²) in [7, 11) is 0. The Morgan fingerprint density at radius 1 is 1.10 bits per heavy atom. The summed E-state index contributed by atoms with van der Waals surface area (Å²) in [5, 5.41) is 12.2. The molecule has 1 aromatic heterocycles. The highest BCUT2D eigenvalue weighted by Gasteiger charge is 2.22. The number of benzene rings is 3. The number of ether oxygens (including phenoxy) is 2. The number of nitro benzene ring substituents is 1. The molecule has 0 amide bonds. The monoisotopic (exact) mass is 455 g/mol. The maximum atomic E-state index is 11.4. The van der Waals surface area contributed by atoms with Crippen molar-refractivity contribution >= 4 is 51.9 Å². The molecular formula is C21H11Cl2N3O5. The maximum Gasteiger partial charge on any atom is 0.282 e. The van der Waals surface area contributed by atoms with E-state index in [9.17, 15) is 10.1 Å². The lowest BCUT2D eigenvalue weighted by atomic mass is 10.1. The zero-order chi connectivity index (χ0) is 21.5. The molecule has 0 saturated carbocycles. The van der Waals surface area contributed by atoms with Gasteiger partial charge in [-0.15, -0.1) is 0 Å². The first-order chi connectivity index (χ1) is 15.0. The van der Waals surface area contributed by atoms with E-state index in [1.165, 1.54) is 18.3 Å². The molecule has 4 aromatic rings. The highest BCUT2D eigenvalue weighted by Crippen LogP contribution is 2.38. The highest BCUT2D eigenvalue weighted by molar-refractivity contribution is 6.43. The zero-order valence-electron chi connectivity index (χ0n) is 15.5. The number of hydrogen-bond acceptors (Lipinski definition) is 7. The van der Waals surface area contributed by atoms with Crippen molar-refractivity contribution in [2.75, 3.05) is 6.79 Å². The van der Waals surface area contributed by atoms with Gasteiger partial charge in [-0.2, -0.15) is 0 Å². The Morgan fingerprint density at radius 3 is 2.71 bits per heavy atom. The van der Waals surface area contributed by atoms with E-state index in [1.807, 2.05) is 0 Å². The predicted molar refractivity (Wildman–Crippen MR) is 116 cm³/mol. The summed E-state index contributed by atoms with van der Waals surface area (Å²) in [5.74, 6) is 1.09. The Kier molecular flexibility index (Phi) is 4.72. The van der Waals surface area contributed by atoms with Gasteiger partial charge in [0.05, 0.1) is 37.8 Å². The molecule has 0 saturated heterocycles. The van der Waals surface area contributed by atoms with Gasteiger partial charge >= 0.3 is 0 Å². The van der Waals surface area contributed by atoms with E-state index in [4.69, 9.17) is 37.1 Å². The van der Waals surface area contributed by atoms with E-state index in [1.54, 1.807) is 36.4 Å². The molecule has 0 N–H and O–H groups in total. The molecule has 154 valence electrons. The molecule has 0 atom stereocenters. The normalized spacial score (nSPS) is 12.7. The summed E-state index contributed by atoms with van der Waals surface area (Å²) < 4.78 is 16.3. The molecule has 3 aromatic carbocycles. The summed E-state index contributed by atoms with van der Waals surface area (Å²) in [4.78, 5) is 19.7. The first-order valence-corrected chi connectivity index (χ1v) is 9.72. The number of aliphatic imine (C=N–C) groups is 1. The van der Waals surface area contributed by atoms with Crippen molar-refractivity contribution < 1.29 is 18.8 Å². The van der Waals surface area contributed by atoms with Crippen molar-refractivity contribution in [1.82, 2.24) is 4.98 Å². The van der Waals surface area contributed by atoms with Crippen molar-refractivity contribution in [1.29, 1.82) is 0 Å². The standard InChI is InChI=1S/C21H11Cl2N3O5/c22-14-3-1-2-13(20(14)23)21-25-15-7-12(4-5-17(15)31-21)24-9-11-6-18-19(30-10-29-18)8-16(11)26(27)28/h1-9H,10H2. The minimum absolute atomic E-state index is 0.0227. The number of hydrogen-bond donors (Lipinski definition) is 0. The fourth-order valence-corrected chi connectivity index (χ4v) is 3.51. The Bertz CT molecular complexity index is 1380. The molecule has 1 aliphatic heterocycles. The summed E-state index contributed by atoms with van der Waals surface area (Å²) in [5.41, 5.74) is 2.37. The second-order valence-electron chi connectivity index (χ2n) is 6.55. The van der Waals surface area contributed by atoms with Crippen molar-refractivity contribution in [3.63, 3.8) is 0 Å². The SMILES string of the molecule is O=[N+]([O-])c1cc2c(cc1C=Nc1ccc3oc(-c4cccc(Cl)c4Cl)nc3c1)OCO2. The van der Waals surface area contributed by atoms with Crippen LogP contribution in [0.4, 0.5) is 11.4 Å². The molecule has 31 heavy (non-hydrogen) atoms. The average Bonchev–Trinajstić information content (AvgIpc) is 3.39. The lowest BCUT2D eigenvalue weighted by Gasteiger charge is -2.00. The molecule has 0 spiro atoms. The van der Waals surface area contributed by atoms with Gasteiger partial charge in [-0.3, -0.25) is 15.1 Å². The van der Waals surface area contributed by atoms with Crippen LogP contribution in [-0.4, -0.2) is 22.9 Å². The maximum absolute atomic E-state index is 11.4. The minimum atomic E-state index is -0.495. The Hall–Kier alpha value is -3.62. The fourth-order valence-electron chi connectivity index (χ4n) is 3.13. The van der Waals surface area contributed by atoms with Gasteiger partial charge in [0.2, 0.25) is 12.7 Å². The largest absolute Gasteiger partial charge is 0.454 e. The van der Waals surface area contributed by atoms with E-state index in [-0.39, 0.29) is 12.5 Å². The molecule has 1 aliphatic rings. The van der Waals surface area contributed by atoms with Gasteiger partial charge in [0.15, 0.2) is 17.1 Å². The van der Waals surface area contributed by atoms with Crippen LogP contribution < -0.4 is 9.47 Å². The van der Waals surface area contributed by atoms with E-state index < -0.39 is 4.92 Å². The number of fused-ring (bicyclic) bond motifs is 2. The van der Waals surface area contributed by atoms with Crippen LogP contribution in [0.15, 0.2) is 57.9 Å². The van der Waals surface area contributed by atoms with Crippen LogP contribution in [0.3, 0.4) is 0 Å². The second-order valence-corrected chi connectivity index (χ2v) is 7.34. The van der Waals surface area contributed by atoms with Crippen LogP contribution in [0, 0.1) is 10.1 Å². The lowest BCUT2D eigenvalue weighted by molar-refractivity contribution is -0.385. The molecule has 2 heterocycles. The highest BCUT2D eigenvalue weighted by atomic mass is 35.5. The molecule has 8 nitrogen and oxygen atoms in total. The van der Waals surface area contributed by atoms with Gasteiger partial charge in [-0.25, -0.2) is 4.98 Å². The van der Waals surface area contributed by atoms with Gasteiger partial charge in [0, 0.05) is 6.21 Å².